The van der Waals surface area contributed by atoms with Gasteiger partial charge >= 0.3 is 5.97 Å². The van der Waals surface area contributed by atoms with Crippen LogP contribution in [-0.4, -0.2) is 22.9 Å². The number of nitrogens with zero attached hydrogens (tertiary/aromatic N) is 2. The minimum absolute atomic E-state index is 0.293. The van der Waals surface area contributed by atoms with Gasteiger partial charge in [-0.05, 0) is 18.1 Å². The normalized spacial score (nSPS) is 12.1. The van der Waals surface area contributed by atoms with E-state index in [2.05, 4.69) is 17.3 Å². The van der Waals surface area contributed by atoms with E-state index in [1.54, 1.807) is 0 Å². The number of aromatic nitrogens is 2. The summed E-state index contributed by atoms with van der Waals surface area (Å²) >= 11 is 0. The van der Waals surface area contributed by atoms with Crippen LogP contribution >= 0.6 is 0 Å². The first-order valence-corrected chi connectivity index (χ1v) is 7.03. The van der Waals surface area contributed by atoms with Crippen LogP contribution in [0.5, 0.6) is 0 Å². The van der Waals surface area contributed by atoms with E-state index >= 15 is 0 Å². The lowest BCUT2D eigenvalue weighted by Gasteiger charge is -2.16. The van der Waals surface area contributed by atoms with Crippen molar-refractivity contribution in [3.8, 4) is 0 Å². The summed E-state index contributed by atoms with van der Waals surface area (Å²) < 4.78 is 6.73. The largest absolute Gasteiger partial charge is 0.468 e. The molecular formula is C16H21N3O2. The Kier molecular flexibility index (Phi) is 5.11. The molecule has 0 radical (unpaired) electrons. The Hall–Kier alpha value is -2.14. The van der Waals surface area contributed by atoms with Crippen LogP contribution in [0.1, 0.15) is 29.9 Å². The van der Waals surface area contributed by atoms with Crippen LogP contribution in [0.4, 0.5) is 0 Å². The molecule has 0 saturated heterocycles. The number of aryl methyl sites for hydroxylation is 2. The van der Waals surface area contributed by atoms with Crippen LogP contribution < -0.4 is 5.32 Å². The molecule has 1 aromatic heterocycles. The van der Waals surface area contributed by atoms with Crippen molar-refractivity contribution in [3.05, 3.63) is 53.3 Å². The van der Waals surface area contributed by atoms with E-state index in [-0.39, 0.29) is 5.97 Å². The van der Waals surface area contributed by atoms with Gasteiger partial charge in [0.2, 0.25) is 0 Å². The Balaban J connectivity index is 2.12. The zero-order valence-electron chi connectivity index (χ0n) is 12.7. The van der Waals surface area contributed by atoms with Gasteiger partial charge in [-0.15, -0.1) is 0 Å². The molecule has 0 spiro atoms. The second-order valence-electron chi connectivity index (χ2n) is 4.85. The van der Waals surface area contributed by atoms with E-state index in [0.29, 0.717) is 6.54 Å². The highest BCUT2D eigenvalue weighted by Crippen LogP contribution is 2.15. The minimum Gasteiger partial charge on any atom is -0.468 e. The van der Waals surface area contributed by atoms with Crippen molar-refractivity contribution in [3.63, 3.8) is 0 Å². The summed E-state index contributed by atoms with van der Waals surface area (Å²) in [6.07, 6.45) is 0.896. The summed E-state index contributed by atoms with van der Waals surface area (Å²) in [5, 5.41) is 7.65. The summed E-state index contributed by atoms with van der Waals surface area (Å²) in [6.45, 7) is 2.62. The molecule has 21 heavy (non-hydrogen) atoms. The molecule has 1 atom stereocenters. The van der Waals surface area contributed by atoms with Crippen molar-refractivity contribution in [2.24, 2.45) is 7.05 Å². The van der Waals surface area contributed by atoms with Gasteiger partial charge in [0.1, 0.15) is 6.04 Å². The zero-order valence-corrected chi connectivity index (χ0v) is 12.7. The average molecular weight is 287 g/mol. The molecule has 0 aliphatic rings. The number of ether oxygens (including phenoxy) is 1. The second kappa shape index (κ2) is 7.04. The Bertz CT molecular complexity index is 593. The number of nitrogens with one attached hydrogen (secondary N) is 1. The maximum absolute atomic E-state index is 12.0. The van der Waals surface area contributed by atoms with E-state index in [4.69, 9.17) is 4.74 Å². The highest BCUT2D eigenvalue weighted by molar-refractivity contribution is 5.77. The molecule has 112 valence electrons. The molecule has 0 aliphatic heterocycles. The monoisotopic (exact) mass is 287 g/mol. The van der Waals surface area contributed by atoms with Gasteiger partial charge in [-0.3, -0.25) is 10.00 Å². The van der Waals surface area contributed by atoms with Gasteiger partial charge in [0.15, 0.2) is 0 Å². The number of hydrogen-bond acceptors (Lipinski definition) is 4. The van der Waals surface area contributed by atoms with Gasteiger partial charge in [0.05, 0.1) is 18.5 Å². The van der Waals surface area contributed by atoms with Crippen LogP contribution in [0.3, 0.4) is 0 Å². The Morgan fingerprint density at radius 2 is 2.10 bits per heavy atom. The number of methoxy groups -OCH3 is 1. The molecule has 2 rings (SSSR count). The van der Waals surface area contributed by atoms with Crippen molar-refractivity contribution >= 4 is 5.97 Å². The lowest BCUT2D eigenvalue weighted by molar-refractivity contribution is -0.143. The lowest BCUT2D eigenvalue weighted by Crippen LogP contribution is -2.29. The van der Waals surface area contributed by atoms with Gasteiger partial charge in [0.25, 0.3) is 0 Å². The maximum Gasteiger partial charge on any atom is 0.327 e. The maximum atomic E-state index is 12.0. The van der Waals surface area contributed by atoms with E-state index in [0.717, 1.165) is 23.4 Å². The Morgan fingerprint density at radius 3 is 2.67 bits per heavy atom. The molecule has 2 aromatic rings. The number of carbonyl (C=O) groups excluding carboxylic acids is 1. The summed E-state index contributed by atoms with van der Waals surface area (Å²) in [5.41, 5.74) is 2.97. The van der Waals surface area contributed by atoms with Crippen molar-refractivity contribution in [1.29, 1.82) is 0 Å². The third-order valence-electron chi connectivity index (χ3n) is 3.45. The van der Waals surface area contributed by atoms with Crippen molar-refractivity contribution in [2.45, 2.75) is 25.9 Å². The van der Waals surface area contributed by atoms with Crippen molar-refractivity contribution in [1.82, 2.24) is 15.1 Å². The predicted molar refractivity (Wildman–Crippen MR) is 80.6 cm³/mol. The Morgan fingerprint density at radius 1 is 1.38 bits per heavy atom. The molecule has 5 nitrogen and oxygen atoms in total. The van der Waals surface area contributed by atoms with Crippen LogP contribution in [0, 0.1) is 0 Å². The molecule has 0 amide bonds. The quantitative estimate of drug-likeness (QED) is 0.826. The molecule has 1 N–H and O–H groups in total. The number of carbonyl (C=O) groups is 1. The molecule has 1 unspecified atom stereocenters. The molecule has 1 heterocycles. The lowest BCUT2D eigenvalue weighted by atomic mass is 10.1. The average Bonchev–Trinajstić information content (AvgIpc) is 2.88. The molecule has 0 fully saturated rings. The topological polar surface area (TPSA) is 56.1 Å². The summed E-state index contributed by atoms with van der Waals surface area (Å²) in [4.78, 5) is 12.0. The van der Waals surface area contributed by atoms with Gasteiger partial charge in [-0.25, -0.2) is 4.79 Å². The first-order chi connectivity index (χ1) is 10.2. The van der Waals surface area contributed by atoms with E-state index < -0.39 is 6.04 Å². The molecule has 5 heteroatoms. The van der Waals surface area contributed by atoms with Crippen LogP contribution in [-0.2, 0) is 29.5 Å². The van der Waals surface area contributed by atoms with Crippen LogP contribution in [0.15, 0.2) is 36.4 Å². The molecular weight excluding hydrogens is 266 g/mol. The van der Waals surface area contributed by atoms with Gasteiger partial charge in [0, 0.05) is 13.6 Å². The molecule has 1 aromatic carbocycles. The fourth-order valence-electron chi connectivity index (χ4n) is 2.22. The standard InChI is InChI=1S/C16H21N3O2/c1-4-13-10-14(19(2)18-13)11-17-15(16(20)21-3)12-8-6-5-7-9-12/h5-10,15,17H,4,11H2,1-3H3. The third kappa shape index (κ3) is 3.70. The van der Waals surface area contributed by atoms with Crippen LogP contribution in [0.2, 0.25) is 0 Å². The van der Waals surface area contributed by atoms with Gasteiger partial charge in [-0.2, -0.15) is 5.10 Å². The number of esters is 1. The Labute approximate surface area is 124 Å². The van der Waals surface area contributed by atoms with Crippen LogP contribution in [0.25, 0.3) is 0 Å². The smallest absolute Gasteiger partial charge is 0.327 e. The summed E-state index contributed by atoms with van der Waals surface area (Å²) in [5.74, 6) is -0.293. The number of benzene rings is 1. The van der Waals surface area contributed by atoms with Gasteiger partial charge in [-0.1, -0.05) is 37.3 Å². The van der Waals surface area contributed by atoms with E-state index in [1.165, 1.54) is 7.11 Å². The van der Waals surface area contributed by atoms with E-state index in [1.807, 2.05) is 48.1 Å². The molecule has 0 aliphatic carbocycles. The molecule has 0 bridgehead atoms. The molecule has 0 saturated carbocycles. The summed E-state index contributed by atoms with van der Waals surface area (Å²) in [6, 6.07) is 11.1. The predicted octanol–water partition coefficient (Wildman–Crippen LogP) is 1.99. The van der Waals surface area contributed by atoms with Crippen molar-refractivity contribution in [2.75, 3.05) is 7.11 Å². The fraction of sp³-hybridized carbons (Fsp3) is 0.375. The zero-order chi connectivity index (χ0) is 15.2. The first kappa shape index (κ1) is 15.3. The second-order valence-corrected chi connectivity index (χ2v) is 4.85. The van der Waals surface area contributed by atoms with E-state index in [9.17, 15) is 4.79 Å². The fourth-order valence-corrected chi connectivity index (χ4v) is 2.22. The minimum atomic E-state index is -0.476. The number of hydrogen-bond donors (Lipinski definition) is 1. The SMILES string of the molecule is CCc1cc(CNC(C(=O)OC)c2ccccc2)n(C)n1. The highest BCUT2D eigenvalue weighted by atomic mass is 16.5. The van der Waals surface area contributed by atoms with Crippen molar-refractivity contribution < 1.29 is 9.53 Å². The highest BCUT2D eigenvalue weighted by Gasteiger charge is 2.21. The first-order valence-electron chi connectivity index (χ1n) is 7.03. The number of rotatable bonds is 6. The third-order valence-corrected chi connectivity index (χ3v) is 3.45. The van der Waals surface area contributed by atoms with Gasteiger partial charge < -0.3 is 4.74 Å². The summed E-state index contributed by atoms with van der Waals surface area (Å²) in [7, 11) is 3.31.